The lowest BCUT2D eigenvalue weighted by Crippen LogP contribution is -2.18. The first kappa shape index (κ1) is 18.1. The lowest BCUT2D eigenvalue weighted by molar-refractivity contribution is 0.0998. The van der Waals surface area contributed by atoms with E-state index in [9.17, 15) is 9.18 Å². The summed E-state index contributed by atoms with van der Waals surface area (Å²) in [5.41, 5.74) is 1.32. The van der Waals surface area contributed by atoms with Crippen LogP contribution in [-0.2, 0) is 6.54 Å². The fraction of sp³-hybridized carbons (Fsp3) is 0.263. The van der Waals surface area contributed by atoms with Crippen molar-refractivity contribution in [3.05, 3.63) is 52.6 Å². The van der Waals surface area contributed by atoms with E-state index in [-0.39, 0.29) is 5.82 Å². The van der Waals surface area contributed by atoms with Crippen molar-refractivity contribution < 1.29 is 18.7 Å². The molecule has 1 aromatic heterocycles. The molecule has 0 N–H and O–H groups in total. The van der Waals surface area contributed by atoms with Gasteiger partial charge in [-0.1, -0.05) is 11.3 Å². The number of carbonyl (C=O) groups excluding carboxylic acids is 1. The number of rotatable bonds is 4. The van der Waals surface area contributed by atoms with Crippen molar-refractivity contribution in [1.29, 1.82) is 0 Å². The monoisotopic (exact) mass is 404 g/mol. The number of thiazole rings is 1. The molecule has 0 spiro atoms. The van der Waals surface area contributed by atoms with E-state index >= 15 is 0 Å². The molecule has 1 aliphatic rings. The number of aromatic nitrogens is 1. The summed E-state index contributed by atoms with van der Waals surface area (Å²) in [6.07, 6.45) is 2.04. The van der Waals surface area contributed by atoms with Crippen molar-refractivity contribution in [3.63, 3.8) is 0 Å². The van der Waals surface area contributed by atoms with Crippen molar-refractivity contribution in [2.24, 2.45) is 4.99 Å². The van der Waals surface area contributed by atoms with Gasteiger partial charge in [-0.15, -0.1) is 0 Å². The normalized spacial score (nSPS) is 13.9. The van der Waals surface area contributed by atoms with Crippen molar-refractivity contribution in [2.75, 3.05) is 25.2 Å². The lowest BCUT2D eigenvalue weighted by atomic mass is 10.2. The molecule has 140 valence electrons. The highest BCUT2D eigenvalue weighted by Gasteiger charge is 2.17. The topological polar surface area (TPSA) is 52.8 Å². The second kappa shape index (κ2) is 7.74. The summed E-state index contributed by atoms with van der Waals surface area (Å²) in [5.74, 6) is 1.54. The van der Waals surface area contributed by atoms with Gasteiger partial charge >= 0.3 is 0 Å². The van der Waals surface area contributed by atoms with Gasteiger partial charge < -0.3 is 14.0 Å². The number of benzene rings is 2. The molecule has 0 radical (unpaired) electrons. The molecular weight excluding hydrogens is 387 g/mol. The molecule has 2 heterocycles. The number of nitrogens with zero attached hydrogens (tertiary/aromatic N) is 2. The van der Waals surface area contributed by atoms with Crippen LogP contribution in [-0.4, -0.2) is 35.7 Å². The van der Waals surface area contributed by atoms with E-state index < -0.39 is 5.91 Å². The minimum Gasteiger partial charge on any atom is -0.486 e. The Morgan fingerprint density at radius 3 is 2.63 bits per heavy atom. The van der Waals surface area contributed by atoms with Gasteiger partial charge in [0.05, 0.1) is 10.2 Å². The van der Waals surface area contributed by atoms with Crippen molar-refractivity contribution in [1.82, 2.24) is 4.57 Å². The molecule has 0 saturated heterocycles. The van der Waals surface area contributed by atoms with Crippen LogP contribution in [0.3, 0.4) is 0 Å². The van der Waals surface area contributed by atoms with Crippen LogP contribution < -0.4 is 14.3 Å². The highest BCUT2D eigenvalue weighted by molar-refractivity contribution is 7.98. The van der Waals surface area contributed by atoms with Crippen LogP contribution in [0.2, 0.25) is 0 Å². The maximum atomic E-state index is 13.1. The third-order valence-electron chi connectivity index (χ3n) is 4.15. The molecule has 0 fully saturated rings. The third-order valence-corrected chi connectivity index (χ3v) is 5.79. The van der Waals surface area contributed by atoms with Gasteiger partial charge in [-0.2, -0.15) is 16.8 Å². The van der Waals surface area contributed by atoms with E-state index in [0.717, 1.165) is 22.5 Å². The summed E-state index contributed by atoms with van der Waals surface area (Å²) >= 11 is 3.15. The number of hydrogen-bond acceptors (Lipinski definition) is 5. The molecule has 2 aromatic carbocycles. The zero-order valence-electron chi connectivity index (χ0n) is 14.6. The Morgan fingerprint density at radius 1 is 1.22 bits per heavy atom. The highest BCUT2D eigenvalue weighted by Crippen LogP contribution is 2.35. The first-order chi connectivity index (χ1) is 13.2. The minimum atomic E-state index is -0.392. The fourth-order valence-corrected chi connectivity index (χ4v) is 4.26. The summed E-state index contributed by atoms with van der Waals surface area (Å²) in [5, 5.41) is 0. The molecule has 4 rings (SSSR count). The number of fused-ring (bicyclic) bond motifs is 2. The van der Waals surface area contributed by atoms with Crippen LogP contribution in [0.4, 0.5) is 4.39 Å². The van der Waals surface area contributed by atoms with E-state index in [0.29, 0.717) is 35.1 Å². The van der Waals surface area contributed by atoms with Crippen LogP contribution >= 0.6 is 23.1 Å². The molecular formula is C19H17FN2O3S2. The Labute approximate surface area is 163 Å². The SMILES string of the molecule is CSCCn1c(=NC(=O)c2ccc(F)cc2)sc2cc3c(cc21)OCCO3. The number of hydrogen-bond donors (Lipinski definition) is 0. The number of carbonyl (C=O) groups is 1. The van der Waals surface area contributed by atoms with Gasteiger partial charge in [0.1, 0.15) is 19.0 Å². The Bertz CT molecular complexity index is 1060. The third kappa shape index (κ3) is 3.72. The van der Waals surface area contributed by atoms with Crippen LogP contribution in [0.1, 0.15) is 10.4 Å². The van der Waals surface area contributed by atoms with E-state index in [2.05, 4.69) is 4.99 Å². The molecule has 5 nitrogen and oxygen atoms in total. The molecule has 0 bridgehead atoms. The molecule has 0 aliphatic carbocycles. The molecule has 1 aliphatic heterocycles. The zero-order chi connectivity index (χ0) is 18.8. The second-order valence-electron chi connectivity index (χ2n) is 5.92. The minimum absolute atomic E-state index is 0.358. The van der Waals surface area contributed by atoms with E-state index in [4.69, 9.17) is 9.47 Å². The van der Waals surface area contributed by atoms with Crippen LogP contribution in [0.25, 0.3) is 10.2 Å². The predicted octanol–water partition coefficient (Wildman–Crippen LogP) is 3.72. The van der Waals surface area contributed by atoms with Gasteiger partial charge in [-0.25, -0.2) is 4.39 Å². The molecule has 8 heteroatoms. The Balaban J connectivity index is 1.82. The van der Waals surface area contributed by atoms with E-state index in [1.807, 2.05) is 23.0 Å². The van der Waals surface area contributed by atoms with E-state index in [1.54, 1.807) is 11.8 Å². The number of amides is 1. The van der Waals surface area contributed by atoms with Crippen molar-refractivity contribution in [3.8, 4) is 11.5 Å². The maximum Gasteiger partial charge on any atom is 0.279 e. The van der Waals surface area contributed by atoms with Crippen LogP contribution in [0.15, 0.2) is 41.4 Å². The van der Waals surface area contributed by atoms with Gasteiger partial charge in [0.25, 0.3) is 5.91 Å². The van der Waals surface area contributed by atoms with Gasteiger partial charge in [-0.3, -0.25) is 4.79 Å². The largest absolute Gasteiger partial charge is 0.486 e. The summed E-state index contributed by atoms with van der Waals surface area (Å²) < 4.78 is 27.4. The molecule has 0 unspecified atom stereocenters. The fourth-order valence-electron chi connectivity index (χ4n) is 2.83. The van der Waals surface area contributed by atoms with Crippen LogP contribution in [0.5, 0.6) is 11.5 Å². The van der Waals surface area contributed by atoms with Gasteiger partial charge in [-0.05, 0) is 30.5 Å². The standard InChI is InChI=1S/C19H17FN2O3S2/c1-26-9-6-22-14-10-15-16(25-8-7-24-15)11-17(14)27-19(22)21-18(23)12-2-4-13(20)5-3-12/h2-5,10-11H,6-9H2,1H3. The predicted molar refractivity (Wildman–Crippen MR) is 105 cm³/mol. The summed E-state index contributed by atoms with van der Waals surface area (Å²) in [6.45, 7) is 1.76. The second-order valence-corrected chi connectivity index (χ2v) is 7.91. The number of aryl methyl sites for hydroxylation is 1. The quantitative estimate of drug-likeness (QED) is 0.665. The smallest absolute Gasteiger partial charge is 0.279 e. The Hall–Kier alpha value is -2.32. The zero-order valence-corrected chi connectivity index (χ0v) is 16.2. The molecule has 1 amide bonds. The van der Waals surface area contributed by atoms with Gasteiger partial charge in [0.2, 0.25) is 0 Å². The summed E-state index contributed by atoms with van der Waals surface area (Å²) in [7, 11) is 0. The molecule has 27 heavy (non-hydrogen) atoms. The van der Waals surface area contributed by atoms with Crippen molar-refractivity contribution >= 4 is 39.2 Å². The average molecular weight is 404 g/mol. The average Bonchev–Trinajstić information content (AvgIpc) is 3.00. The number of thioether (sulfide) groups is 1. The number of ether oxygens (including phenoxy) is 2. The molecule has 0 saturated carbocycles. The molecule has 3 aromatic rings. The lowest BCUT2D eigenvalue weighted by Gasteiger charge is -2.18. The van der Waals surface area contributed by atoms with Gasteiger partial charge in [0, 0.05) is 30.0 Å². The first-order valence-corrected chi connectivity index (χ1v) is 10.6. The summed E-state index contributed by atoms with van der Waals surface area (Å²) in [4.78, 5) is 17.4. The Morgan fingerprint density at radius 2 is 1.93 bits per heavy atom. The number of halogens is 1. The van der Waals surface area contributed by atoms with Gasteiger partial charge in [0.15, 0.2) is 16.3 Å². The van der Waals surface area contributed by atoms with Crippen molar-refractivity contribution in [2.45, 2.75) is 6.54 Å². The van der Waals surface area contributed by atoms with Crippen LogP contribution in [0, 0.1) is 5.82 Å². The Kier molecular flexibility index (Phi) is 5.18. The summed E-state index contributed by atoms with van der Waals surface area (Å²) in [6, 6.07) is 9.30. The molecule has 0 atom stereocenters. The highest BCUT2D eigenvalue weighted by atomic mass is 32.2. The maximum absolute atomic E-state index is 13.1. The van der Waals surface area contributed by atoms with E-state index in [1.165, 1.54) is 35.6 Å². The first-order valence-electron chi connectivity index (χ1n) is 8.42.